The Balaban J connectivity index is 4.39. The van der Waals surface area contributed by atoms with Crippen LogP contribution in [0, 0.1) is 11.4 Å². The highest BCUT2D eigenvalue weighted by molar-refractivity contribution is 7.80. The van der Waals surface area contributed by atoms with Crippen LogP contribution in [0.15, 0.2) is 17.0 Å². The highest BCUT2D eigenvalue weighted by Crippen LogP contribution is 2.11. The zero-order valence-corrected chi connectivity index (χ0v) is 11.1. The summed E-state index contributed by atoms with van der Waals surface area (Å²) in [5, 5.41) is 3.39. The molecule has 0 rings (SSSR count). The smallest absolute Gasteiger partial charge is 0.374 e. The van der Waals surface area contributed by atoms with Gasteiger partial charge in [-0.3, -0.25) is 4.55 Å². The normalized spacial score (nSPS) is 12.9. The molecule has 17 heavy (non-hydrogen) atoms. The molecule has 0 bridgehead atoms. The molecule has 0 aliphatic carbocycles. The van der Waals surface area contributed by atoms with Crippen LogP contribution >= 0.6 is 0 Å². The summed E-state index contributed by atoms with van der Waals surface area (Å²) in [5.74, 6) is 0.115. The van der Waals surface area contributed by atoms with Crippen molar-refractivity contribution >= 4 is 10.4 Å². The van der Waals surface area contributed by atoms with E-state index in [1.165, 1.54) is 0 Å². The summed E-state index contributed by atoms with van der Waals surface area (Å²) in [6, 6.07) is 0. The second kappa shape index (κ2) is 7.36. The molecule has 0 aromatic rings. The molecule has 0 unspecified atom stereocenters. The van der Waals surface area contributed by atoms with E-state index in [9.17, 15) is 8.42 Å². The van der Waals surface area contributed by atoms with Crippen molar-refractivity contribution < 1.29 is 17.2 Å². The molecule has 0 spiro atoms. The van der Waals surface area contributed by atoms with Crippen molar-refractivity contribution in [2.75, 3.05) is 19.7 Å². The van der Waals surface area contributed by atoms with Crippen LogP contribution < -0.4 is 0 Å². The van der Waals surface area contributed by atoms with Crippen LogP contribution in [-0.4, -0.2) is 37.6 Å². The summed E-state index contributed by atoms with van der Waals surface area (Å²) >= 11 is 0. The lowest BCUT2D eigenvalue weighted by Crippen LogP contribution is -2.24. The summed E-state index contributed by atoms with van der Waals surface area (Å²) in [6.07, 6.45) is 1.69. The highest BCUT2D eigenvalue weighted by atomic mass is 32.3. The number of nitrogens with zero attached hydrogens (tertiary/aromatic N) is 2. The van der Waals surface area contributed by atoms with E-state index in [4.69, 9.17) is 10.1 Å². The largest absolute Gasteiger partial charge is 0.397 e. The van der Waals surface area contributed by atoms with Gasteiger partial charge in [0.1, 0.15) is 0 Å². The van der Waals surface area contributed by atoms with Gasteiger partial charge in [0.15, 0.2) is 0 Å². The van der Waals surface area contributed by atoms with E-state index in [0.29, 0.717) is 18.8 Å². The lowest BCUT2D eigenvalue weighted by Gasteiger charge is -2.19. The van der Waals surface area contributed by atoms with Crippen molar-refractivity contribution in [2.45, 2.75) is 20.8 Å². The molecule has 0 heterocycles. The van der Waals surface area contributed by atoms with Crippen molar-refractivity contribution in [3.63, 3.8) is 0 Å². The summed E-state index contributed by atoms with van der Waals surface area (Å²) in [6.45, 7) is 6.47. The first-order chi connectivity index (χ1) is 7.80. The van der Waals surface area contributed by atoms with Crippen molar-refractivity contribution in [1.29, 1.82) is 5.53 Å². The first kappa shape index (κ1) is 16.0. The molecule has 0 aromatic heterocycles. The minimum absolute atomic E-state index is 0.115. The Bertz CT molecular complexity index is 364. The van der Waals surface area contributed by atoms with Crippen LogP contribution in [0.3, 0.4) is 0 Å². The van der Waals surface area contributed by atoms with Crippen LogP contribution in [0.2, 0.25) is 0 Å². The van der Waals surface area contributed by atoms with Gasteiger partial charge in [0.05, 0.1) is 12.3 Å². The van der Waals surface area contributed by atoms with Gasteiger partial charge in [-0.15, -0.1) is 0 Å². The third-order valence-electron chi connectivity index (χ3n) is 2.05. The van der Waals surface area contributed by atoms with Gasteiger partial charge < -0.3 is 4.90 Å². The molecule has 0 aliphatic heterocycles. The zero-order chi connectivity index (χ0) is 13.5. The van der Waals surface area contributed by atoms with Crippen molar-refractivity contribution in [2.24, 2.45) is 11.0 Å². The Kier molecular flexibility index (Phi) is 6.93. The Morgan fingerprint density at radius 1 is 1.59 bits per heavy atom. The fourth-order valence-corrected chi connectivity index (χ4v) is 1.35. The van der Waals surface area contributed by atoms with E-state index in [1.807, 2.05) is 20.8 Å². The molecule has 0 saturated carbocycles. The van der Waals surface area contributed by atoms with Gasteiger partial charge in [0.2, 0.25) is 0 Å². The van der Waals surface area contributed by atoms with E-state index >= 15 is 0 Å². The van der Waals surface area contributed by atoms with Crippen LogP contribution in [-0.2, 0) is 14.6 Å². The summed E-state index contributed by atoms with van der Waals surface area (Å²) in [4.78, 5) is 1.76. The number of likely N-dealkylation sites (N-methyl/N-ethyl adjacent to an activating group) is 1. The summed E-state index contributed by atoms with van der Waals surface area (Å²) in [7, 11) is -4.39. The monoisotopic (exact) mass is 265 g/mol. The first-order valence-corrected chi connectivity index (χ1v) is 6.61. The first-order valence-electron chi connectivity index (χ1n) is 5.25. The quantitative estimate of drug-likeness (QED) is 0.513. The van der Waals surface area contributed by atoms with Crippen molar-refractivity contribution in [3.8, 4) is 0 Å². The van der Waals surface area contributed by atoms with E-state index in [1.54, 1.807) is 11.1 Å². The maximum absolute atomic E-state index is 10.3. The molecule has 7 nitrogen and oxygen atoms in total. The Labute approximate surface area is 102 Å². The fraction of sp³-hybridized carbons (Fsp3) is 0.778. The molecule has 0 aliphatic rings. The maximum atomic E-state index is 10.3. The van der Waals surface area contributed by atoms with Gasteiger partial charge in [-0.2, -0.15) is 13.5 Å². The van der Waals surface area contributed by atoms with Crippen molar-refractivity contribution in [3.05, 3.63) is 11.9 Å². The molecule has 0 saturated heterocycles. The number of allylic oxidation sites excluding steroid dienone is 1. The van der Waals surface area contributed by atoms with Gasteiger partial charge in [-0.25, -0.2) is 9.71 Å². The minimum Gasteiger partial charge on any atom is -0.374 e. The SMILES string of the molecule is CCN(C=C(N=N)C(C)C)CCOS(=O)(=O)O. The predicted octanol–water partition coefficient (Wildman–Crippen LogP) is 1.66. The Morgan fingerprint density at radius 3 is 2.53 bits per heavy atom. The van der Waals surface area contributed by atoms with Gasteiger partial charge in [-0.1, -0.05) is 13.8 Å². The van der Waals surface area contributed by atoms with Crippen LogP contribution in [0.4, 0.5) is 0 Å². The average Bonchev–Trinajstić information content (AvgIpc) is 2.20. The van der Waals surface area contributed by atoms with E-state index in [0.717, 1.165) is 0 Å². The second-order valence-corrected chi connectivity index (χ2v) is 4.79. The number of hydrogen-bond donors (Lipinski definition) is 2. The topological polar surface area (TPSA) is 103 Å². The lowest BCUT2D eigenvalue weighted by atomic mass is 10.1. The molecule has 0 amide bonds. The fourth-order valence-electron chi connectivity index (χ4n) is 1.07. The van der Waals surface area contributed by atoms with Crippen LogP contribution in [0.5, 0.6) is 0 Å². The minimum atomic E-state index is -4.39. The number of rotatable bonds is 8. The summed E-state index contributed by atoms with van der Waals surface area (Å²) in [5.41, 5.74) is 7.59. The number of nitrogens with one attached hydrogen (secondary N) is 1. The van der Waals surface area contributed by atoms with E-state index < -0.39 is 10.4 Å². The average molecular weight is 265 g/mol. The second-order valence-electron chi connectivity index (χ2n) is 3.70. The third-order valence-corrected chi connectivity index (χ3v) is 2.52. The molecule has 0 aromatic carbocycles. The maximum Gasteiger partial charge on any atom is 0.397 e. The standard InChI is InChI=1S/C9H19N3O4S/c1-4-12(5-6-16-17(13,14)15)7-9(11-10)8(2)3/h7-8,10H,4-6H2,1-3H3,(H,13,14,15). The van der Waals surface area contributed by atoms with Crippen LogP contribution in [0.25, 0.3) is 0 Å². The predicted molar refractivity (Wildman–Crippen MR) is 62.8 cm³/mol. The Morgan fingerprint density at radius 2 is 2.18 bits per heavy atom. The summed E-state index contributed by atoms with van der Waals surface area (Å²) < 4.78 is 33.3. The molecule has 100 valence electrons. The van der Waals surface area contributed by atoms with Crippen LogP contribution in [0.1, 0.15) is 20.8 Å². The molecule has 8 heteroatoms. The Hall–Kier alpha value is -0.990. The van der Waals surface area contributed by atoms with Crippen molar-refractivity contribution in [1.82, 2.24) is 4.90 Å². The van der Waals surface area contributed by atoms with Gasteiger partial charge in [0.25, 0.3) is 0 Å². The highest BCUT2D eigenvalue weighted by Gasteiger charge is 2.07. The molecule has 2 N–H and O–H groups in total. The third kappa shape index (κ3) is 7.83. The lowest BCUT2D eigenvalue weighted by molar-refractivity contribution is 0.233. The molecule has 0 fully saturated rings. The van der Waals surface area contributed by atoms with E-state index in [-0.39, 0.29) is 12.5 Å². The van der Waals surface area contributed by atoms with E-state index in [2.05, 4.69) is 9.30 Å². The van der Waals surface area contributed by atoms with Gasteiger partial charge >= 0.3 is 10.4 Å². The molecular weight excluding hydrogens is 246 g/mol. The van der Waals surface area contributed by atoms with Gasteiger partial charge in [-0.05, 0) is 12.8 Å². The zero-order valence-electron chi connectivity index (χ0n) is 10.3. The molecule has 0 atom stereocenters. The van der Waals surface area contributed by atoms with Gasteiger partial charge in [0, 0.05) is 19.3 Å². The molecular formula is C9H19N3O4S. The molecule has 0 radical (unpaired) electrons. The number of hydrogen-bond acceptors (Lipinski definition) is 6.